The van der Waals surface area contributed by atoms with Crippen molar-refractivity contribution in [3.8, 4) is 0 Å². The second-order valence-corrected chi connectivity index (χ2v) is 12.7. The van der Waals surface area contributed by atoms with Gasteiger partial charge in [-0.1, -0.05) is 39.7 Å². The number of likely N-dealkylation sites (N-methyl/N-ethyl adjacent to an activating group) is 1. The van der Waals surface area contributed by atoms with Crippen LogP contribution in [0.1, 0.15) is 71.3 Å². The summed E-state index contributed by atoms with van der Waals surface area (Å²) in [5.74, 6) is -0.944. The van der Waals surface area contributed by atoms with Crippen LogP contribution in [0, 0.1) is 17.7 Å². The number of halogens is 1. The second kappa shape index (κ2) is 15.5. The number of nitrogens with one attached hydrogen (secondary N) is 2. The molecule has 45 heavy (non-hydrogen) atoms. The zero-order chi connectivity index (χ0) is 32.7. The SMILES string of the molecule is CCC(=O)N[C@@H](C(=O)N1CCN(C)CC1)[C@@H](C)c1ccc(NC(=O)[C@H](C2CCC(C)CC2)N(C=O)c2cccn2CC)c(F)c1. The predicted octanol–water partition coefficient (Wildman–Crippen LogP) is 4.22. The van der Waals surface area contributed by atoms with E-state index in [0.717, 1.165) is 38.8 Å². The molecule has 11 heteroatoms. The summed E-state index contributed by atoms with van der Waals surface area (Å²) in [6.07, 6.45) is 6.30. The fourth-order valence-electron chi connectivity index (χ4n) is 6.55. The number of aromatic nitrogens is 1. The van der Waals surface area contributed by atoms with Crippen molar-refractivity contribution < 1.29 is 23.6 Å². The van der Waals surface area contributed by atoms with Gasteiger partial charge in [-0.3, -0.25) is 24.1 Å². The molecule has 2 aliphatic rings. The molecule has 0 spiro atoms. The lowest BCUT2D eigenvalue weighted by atomic mass is 9.78. The van der Waals surface area contributed by atoms with Gasteiger partial charge >= 0.3 is 0 Å². The van der Waals surface area contributed by atoms with E-state index >= 15 is 4.39 Å². The predicted molar refractivity (Wildman–Crippen MR) is 173 cm³/mol. The van der Waals surface area contributed by atoms with Crippen molar-refractivity contribution in [2.45, 2.75) is 84.3 Å². The van der Waals surface area contributed by atoms with Gasteiger partial charge in [-0.05, 0) is 68.5 Å². The van der Waals surface area contributed by atoms with Crippen LogP contribution in [0.3, 0.4) is 0 Å². The standard InChI is InChI=1S/C34H49FN6O4/c1-6-29(43)37-31(34(45)40-19-17-38(5)18-20-40)24(4)26-14-15-28(27(35)21-26)36-33(44)32(25-12-10-23(3)11-13-25)41(22-42)30-9-8-16-39(30)7-2/h8-9,14-16,21-25,31-32H,6-7,10-13,17-20H2,1-5H3,(H,36,44)(H,37,43)/t23?,24-,25?,31+,32-/m0/s1. The average Bonchev–Trinajstić information content (AvgIpc) is 3.52. The molecule has 2 heterocycles. The first-order valence-electron chi connectivity index (χ1n) is 16.3. The number of aryl methyl sites for hydroxylation is 1. The van der Waals surface area contributed by atoms with Gasteiger partial charge in [0, 0.05) is 51.3 Å². The van der Waals surface area contributed by atoms with Gasteiger partial charge < -0.3 is 25.0 Å². The first-order valence-corrected chi connectivity index (χ1v) is 16.3. The Morgan fingerprint density at radius 3 is 2.36 bits per heavy atom. The van der Waals surface area contributed by atoms with E-state index in [4.69, 9.17) is 0 Å². The van der Waals surface area contributed by atoms with E-state index in [1.165, 1.54) is 17.0 Å². The summed E-state index contributed by atoms with van der Waals surface area (Å²) in [5.41, 5.74) is 0.531. The number of benzene rings is 1. The minimum absolute atomic E-state index is 0.00129. The van der Waals surface area contributed by atoms with Gasteiger partial charge in [0.1, 0.15) is 23.7 Å². The Hall–Kier alpha value is -3.73. The molecule has 1 aliphatic carbocycles. The molecule has 4 rings (SSSR count). The van der Waals surface area contributed by atoms with E-state index in [2.05, 4.69) is 22.5 Å². The fraction of sp³-hybridized carbons (Fsp3) is 0.588. The highest BCUT2D eigenvalue weighted by Gasteiger charge is 2.38. The maximum Gasteiger partial charge on any atom is 0.247 e. The number of piperazine rings is 1. The zero-order valence-corrected chi connectivity index (χ0v) is 27.3. The fourth-order valence-corrected chi connectivity index (χ4v) is 6.55. The second-order valence-electron chi connectivity index (χ2n) is 12.7. The first kappa shape index (κ1) is 34.1. The summed E-state index contributed by atoms with van der Waals surface area (Å²) >= 11 is 0. The highest BCUT2D eigenvalue weighted by Crippen LogP contribution is 2.35. The lowest BCUT2D eigenvalue weighted by molar-refractivity contribution is -0.138. The summed E-state index contributed by atoms with van der Waals surface area (Å²) in [6, 6.07) is 6.51. The molecule has 1 aromatic heterocycles. The van der Waals surface area contributed by atoms with Crippen LogP contribution in [-0.2, 0) is 25.7 Å². The van der Waals surface area contributed by atoms with Crippen molar-refractivity contribution in [2.75, 3.05) is 43.4 Å². The molecule has 1 aliphatic heterocycles. The Morgan fingerprint density at radius 1 is 1.07 bits per heavy atom. The van der Waals surface area contributed by atoms with Crippen LogP contribution in [0.5, 0.6) is 0 Å². The van der Waals surface area contributed by atoms with Gasteiger partial charge in [0.2, 0.25) is 24.1 Å². The third-order valence-corrected chi connectivity index (χ3v) is 9.60. The Kier molecular flexibility index (Phi) is 11.8. The molecule has 4 amide bonds. The van der Waals surface area contributed by atoms with Crippen molar-refractivity contribution in [2.24, 2.45) is 11.8 Å². The van der Waals surface area contributed by atoms with E-state index in [1.807, 2.05) is 36.9 Å². The van der Waals surface area contributed by atoms with Gasteiger partial charge in [-0.25, -0.2) is 4.39 Å². The van der Waals surface area contributed by atoms with Crippen molar-refractivity contribution in [1.29, 1.82) is 0 Å². The van der Waals surface area contributed by atoms with E-state index in [1.54, 1.807) is 24.8 Å². The number of amides is 4. The molecule has 1 aromatic carbocycles. The normalized spacial score (nSPS) is 21.0. The molecule has 3 atom stereocenters. The third-order valence-electron chi connectivity index (χ3n) is 9.60. The van der Waals surface area contributed by atoms with E-state index in [-0.39, 0.29) is 29.8 Å². The average molecular weight is 625 g/mol. The van der Waals surface area contributed by atoms with Gasteiger partial charge in [0.25, 0.3) is 0 Å². The lowest BCUT2D eigenvalue weighted by Crippen LogP contribution is -2.55. The van der Waals surface area contributed by atoms with Gasteiger partial charge in [0.05, 0.1) is 5.69 Å². The molecule has 2 aromatic rings. The number of carbonyl (C=O) groups is 4. The highest BCUT2D eigenvalue weighted by molar-refractivity contribution is 6.00. The van der Waals surface area contributed by atoms with Crippen LogP contribution in [0.4, 0.5) is 15.9 Å². The number of carbonyl (C=O) groups excluding carboxylic acids is 4. The molecule has 0 radical (unpaired) electrons. The summed E-state index contributed by atoms with van der Waals surface area (Å²) in [7, 11) is 2.00. The maximum absolute atomic E-state index is 15.7. The van der Waals surface area contributed by atoms with Crippen LogP contribution >= 0.6 is 0 Å². The molecule has 1 saturated heterocycles. The highest BCUT2D eigenvalue weighted by atomic mass is 19.1. The lowest BCUT2D eigenvalue weighted by Gasteiger charge is -2.37. The van der Waals surface area contributed by atoms with Crippen LogP contribution in [0.15, 0.2) is 36.5 Å². The summed E-state index contributed by atoms with van der Waals surface area (Å²) < 4.78 is 17.6. The molecule has 246 valence electrons. The monoisotopic (exact) mass is 624 g/mol. The van der Waals surface area contributed by atoms with E-state index < -0.39 is 29.7 Å². The summed E-state index contributed by atoms with van der Waals surface area (Å²) in [5, 5.41) is 5.63. The van der Waals surface area contributed by atoms with Crippen molar-refractivity contribution in [1.82, 2.24) is 19.7 Å². The number of nitrogens with zero attached hydrogens (tertiary/aromatic N) is 4. The number of hydrogen-bond donors (Lipinski definition) is 2. The number of hydrogen-bond acceptors (Lipinski definition) is 5. The van der Waals surface area contributed by atoms with E-state index in [9.17, 15) is 19.2 Å². The minimum Gasteiger partial charge on any atom is -0.344 e. The van der Waals surface area contributed by atoms with Crippen molar-refractivity contribution in [3.05, 3.63) is 47.9 Å². The van der Waals surface area contributed by atoms with Gasteiger partial charge in [-0.2, -0.15) is 0 Å². The largest absolute Gasteiger partial charge is 0.344 e. The van der Waals surface area contributed by atoms with Crippen molar-refractivity contribution >= 4 is 35.6 Å². The van der Waals surface area contributed by atoms with Crippen molar-refractivity contribution in [3.63, 3.8) is 0 Å². The Morgan fingerprint density at radius 2 is 1.76 bits per heavy atom. The Balaban J connectivity index is 1.57. The Bertz CT molecular complexity index is 1330. The quantitative estimate of drug-likeness (QED) is 0.344. The third kappa shape index (κ3) is 8.11. The van der Waals surface area contributed by atoms with Gasteiger partial charge in [-0.15, -0.1) is 0 Å². The zero-order valence-electron chi connectivity index (χ0n) is 27.3. The Labute approximate surface area is 266 Å². The van der Waals surface area contributed by atoms with Crippen LogP contribution in [0.25, 0.3) is 0 Å². The molecule has 2 fully saturated rings. The van der Waals surface area contributed by atoms with Crippen LogP contribution < -0.4 is 15.5 Å². The van der Waals surface area contributed by atoms with Gasteiger partial charge in [0.15, 0.2) is 0 Å². The molecular weight excluding hydrogens is 575 g/mol. The summed E-state index contributed by atoms with van der Waals surface area (Å²) in [6.45, 7) is 10.9. The molecule has 1 saturated carbocycles. The van der Waals surface area contributed by atoms with Crippen LogP contribution in [-0.4, -0.2) is 83.8 Å². The maximum atomic E-state index is 15.7. The minimum atomic E-state index is -0.852. The molecule has 10 nitrogen and oxygen atoms in total. The van der Waals surface area contributed by atoms with E-state index in [0.29, 0.717) is 43.3 Å². The molecular formula is C34H49FN6O4. The number of anilines is 2. The smallest absolute Gasteiger partial charge is 0.247 e. The number of rotatable bonds is 12. The molecule has 0 unspecified atom stereocenters. The topological polar surface area (TPSA) is 107 Å². The molecule has 0 bridgehead atoms. The van der Waals surface area contributed by atoms with Crippen LogP contribution in [0.2, 0.25) is 0 Å². The first-order chi connectivity index (χ1) is 21.6. The molecule has 2 N–H and O–H groups in total. The summed E-state index contributed by atoms with van der Waals surface area (Å²) in [4.78, 5) is 57.8.